The second kappa shape index (κ2) is 10.2. The summed E-state index contributed by atoms with van der Waals surface area (Å²) in [6, 6.07) is 57.7. The van der Waals surface area contributed by atoms with E-state index in [9.17, 15) is 0 Å². The van der Waals surface area contributed by atoms with Crippen molar-refractivity contribution >= 4 is 87.5 Å². The monoisotopic (exact) mass is 665 g/mol. The van der Waals surface area contributed by atoms with Crippen molar-refractivity contribution in [3.8, 4) is 22.8 Å². The van der Waals surface area contributed by atoms with Gasteiger partial charge in [0.15, 0.2) is 0 Å². The van der Waals surface area contributed by atoms with Crippen LogP contribution in [0.1, 0.15) is 0 Å². The fourth-order valence-corrected chi connectivity index (χ4v) is 8.40. The molecule has 0 spiro atoms. The number of hydrogen-bond acceptors (Lipinski definition) is 3. The Kier molecular flexibility index (Phi) is 5.44. The summed E-state index contributed by atoms with van der Waals surface area (Å²) in [6.07, 6.45) is 0. The summed E-state index contributed by atoms with van der Waals surface area (Å²) in [5.74, 6) is 0.870. The van der Waals surface area contributed by atoms with Crippen LogP contribution in [-0.4, -0.2) is 14.1 Å². The van der Waals surface area contributed by atoms with E-state index in [-0.39, 0.29) is 0 Å². The van der Waals surface area contributed by atoms with Crippen LogP contribution in [-0.2, 0) is 0 Å². The average molecular weight is 666 g/mol. The zero-order valence-corrected chi connectivity index (χ0v) is 27.7. The third kappa shape index (κ3) is 3.79. The highest BCUT2D eigenvalue weighted by molar-refractivity contribution is 6.19. The number of fused-ring (bicyclic) bond motifs is 12. The lowest BCUT2D eigenvalue weighted by atomic mass is 10.1. The second-order valence-corrected chi connectivity index (χ2v) is 13.6. The first kappa shape index (κ1) is 27.7. The highest BCUT2D eigenvalue weighted by atomic mass is 16.3. The summed E-state index contributed by atoms with van der Waals surface area (Å²) in [5, 5.41) is 9.25. The van der Waals surface area contributed by atoms with Crippen molar-refractivity contribution in [1.82, 2.24) is 14.1 Å². The number of nitrogens with zero attached hydrogens (tertiary/aromatic N) is 3. The Morgan fingerprint density at radius 2 is 0.904 bits per heavy atom. The highest BCUT2D eigenvalue weighted by Crippen LogP contribution is 2.41. The zero-order chi connectivity index (χ0) is 33.9. The fraction of sp³-hybridized carbons (Fsp3) is 0. The van der Waals surface area contributed by atoms with Gasteiger partial charge in [0.1, 0.15) is 28.1 Å². The van der Waals surface area contributed by atoms with Crippen LogP contribution in [0.3, 0.4) is 0 Å². The standard InChI is InChI=1S/C47H27N3O2/c1-5-15-39-30(10-1)34-26-35-31-11-2-6-16-40(31)50(42(35)27-41(34)49(39)29-21-23-46-37(25-29)33-13-4-8-18-44(33)52-46)47-19-9-14-38(48-47)28-20-22-45-36(24-28)32-12-3-7-17-43(32)51-45/h1-27H. The molecular formula is C47H27N3O2. The number of hydrogen-bond donors (Lipinski definition) is 0. The van der Waals surface area contributed by atoms with Crippen LogP contribution in [0.15, 0.2) is 173 Å². The largest absolute Gasteiger partial charge is 0.456 e. The predicted octanol–water partition coefficient (Wildman–Crippen LogP) is 12.7. The Labute approximate surface area is 296 Å². The van der Waals surface area contributed by atoms with Gasteiger partial charge in [-0.2, -0.15) is 0 Å². The third-order valence-corrected chi connectivity index (χ3v) is 10.7. The smallest absolute Gasteiger partial charge is 0.138 e. The molecule has 0 aliphatic carbocycles. The Morgan fingerprint density at radius 1 is 0.346 bits per heavy atom. The molecule has 12 aromatic rings. The molecule has 0 amide bonds. The number of pyridine rings is 1. The molecule has 0 atom stereocenters. The molecular weight excluding hydrogens is 639 g/mol. The minimum atomic E-state index is 0.870. The van der Waals surface area contributed by atoms with E-state index in [1.807, 2.05) is 24.3 Å². The number of aromatic nitrogens is 3. The van der Waals surface area contributed by atoms with Crippen molar-refractivity contribution in [3.05, 3.63) is 164 Å². The molecule has 5 heterocycles. The summed E-state index contributed by atoms with van der Waals surface area (Å²) in [4.78, 5) is 5.33. The van der Waals surface area contributed by atoms with Gasteiger partial charge in [0.25, 0.3) is 0 Å². The van der Waals surface area contributed by atoms with Crippen LogP contribution >= 0.6 is 0 Å². The molecule has 5 aromatic heterocycles. The Morgan fingerprint density at radius 3 is 1.62 bits per heavy atom. The number of furan rings is 2. The maximum Gasteiger partial charge on any atom is 0.138 e. The van der Waals surface area contributed by atoms with Crippen molar-refractivity contribution < 1.29 is 8.83 Å². The van der Waals surface area contributed by atoms with Gasteiger partial charge in [-0.1, -0.05) is 78.9 Å². The van der Waals surface area contributed by atoms with Crippen molar-refractivity contribution in [1.29, 1.82) is 0 Å². The van der Waals surface area contributed by atoms with Crippen molar-refractivity contribution in [3.63, 3.8) is 0 Å². The van der Waals surface area contributed by atoms with Crippen LogP contribution in [0.25, 0.3) is 110 Å². The molecule has 52 heavy (non-hydrogen) atoms. The van der Waals surface area contributed by atoms with Crippen LogP contribution in [0.5, 0.6) is 0 Å². The van der Waals surface area contributed by atoms with Gasteiger partial charge in [-0.25, -0.2) is 4.98 Å². The molecule has 0 aliphatic rings. The summed E-state index contributed by atoms with van der Waals surface area (Å²) in [7, 11) is 0. The molecule has 5 nitrogen and oxygen atoms in total. The first-order valence-corrected chi connectivity index (χ1v) is 17.5. The quantitative estimate of drug-likeness (QED) is 0.189. The summed E-state index contributed by atoms with van der Waals surface area (Å²) in [5.41, 5.74) is 11.1. The van der Waals surface area contributed by atoms with E-state index < -0.39 is 0 Å². The maximum absolute atomic E-state index is 6.21. The normalized spacial score (nSPS) is 12.2. The molecule has 0 unspecified atom stereocenters. The molecule has 0 saturated carbocycles. The molecule has 0 bridgehead atoms. The van der Waals surface area contributed by atoms with Gasteiger partial charge in [0.05, 0.1) is 27.8 Å². The minimum Gasteiger partial charge on any atom is -0.456 e. The van der Waals surface area contributed by atoms with E-state index >= 15 is 0 Å². The summed E-state index contributed by atoms with van der Waals surface area (Å²) >= 11 is 0. The average Bonchev–Trinajstić information content (AvgIpc) is 3.94. The van der Waals surface area contributed by atoms with E-state index in [1.165, 1.54) is 21.5 Å². The first-order chi connectivity index (χ1) is 25.8. The van der Waals surface area contributed by atoms with E-state index in [1.54, 1.807) is 0 Å². The van der Waals surface area contributed by atoms with E-state index in [0.29, 0.717) is 0 Å². The second-order valence-electron chi connectivity index (χ2n) is 13.6. The van der Waals surface area contributed by atoms with Crippen molar-refractivity contribution in [2.45, 2.75) is 0 Å². The molecule has 5 heteroatoms. The summed E-state index contributed by atoms with van der Waals surface area (Å²) in [6.45, 7) is 0. The van der Waals surface area contributed by atoms with Crippen LogP contribution in [0, 0.1) is 0 Å². The first-order valence-electron chi connectivity index (χ1n) is 17.5. The van der Waals surface area contributed by atoms with Gasteiger partial charge in [-0.15, -0.1) is 0 Å². The van der Waals surface area contributed by atoms with E-state index in [4.69, 9.17) is 13.8 Å². The molecule has 0 fully saturated rings. The van der Waals surface area contributed by atoms with Gasteiger partial charge in [-0.3, -0.25) is 4.57 Å². The van der Waals surface area contributed by atoms with Crippen LogP contribution in [0.2, 0.25) is 0 Å². The topological polar surface area (TPSA) is 49.0 Å². The Hall–Kier alpha value is -7.11. The molecule has 12 rings (SSSR count). The predicted molar refractivity (Wildman–Crippen MR) is 213 cm³/mol. The highest BCUT2D eigenvalue weighted by Gasteiger charge is 2.20. The molecule has 0 aliphatic heterocycles. The van der Waals surface area contributed by atoms with Crippen molar-refractivity contribution in [2.75, 3.05) is 0 Å². The SMILES string of the molecule is c1cc(-c2ccc3oc4ccccc4c3c2)nc(-n2c3ccccc3c3cc4c5ccccc5n(-c5ccc6oc7ccccc7c6c5)c4cc32)c1. The molecule has 0 radical (unpaired) electrons. The van der Waals surface area contributed by atoms with Crippen molar-refractivity contribution in [2.24, 2.45) is 0 Å². The lowest BCUT2D eigenvalue weighted by Gasteiger charge is -2.11. The molecule has 242 valence electrons. The lowest BCUT2D eigenvalue weighted by Crippen LogP contribution is -1.99. The number of rotatable bonds is 3. The van der Waals surface area contributed by atoms with Gasteiger partial charge in [-0.05, 0) is 84.9 Å². The Bertz CT molecular complexity index is 3430. The third-order valence-electron chi connectivity index (χ3n) is 10.7. The fourth-order valence-electron chi connectivity index (χ4n) is 8.40. The van der Waals surface area contributed by atoms with Crippen LogP contribution < -0.4 is 0 Å². The van der Waals surface area contributed by atoms with Gasteiger partial charge >= 0.3 is 0 Å². The summed E-state index contributed by atoms with van der Waals surface area (Å²) < 4.78 is 17.0. The van der Waals surface area contributed by atoms with Gasteiger partial charge < -0.3 is 13.4 Å². The Balaban J connectivity index is 1.11. The molecule has 0 saturated heterocycles. The minimum absolute atomic E-state index is 0.870. The molecule has 7 aromatic carbocycles. The van der Waals surface area contributed by atoms with Gasteiger partial charge in [0.2, 0.25) is 0 Å². The van der Waals surface area contributed by atoms with Gasteiger partial charge in [0, 0.05) is 54.3 Å². The van der Waals surface area contributed by atoms with Crippen LogP contribution in [0.4, 0.5) is 0 Å². The number of para-hydroxylation sites is 4. The molecule has 0 N–H and O–H groups in total. The lowest BCUT2D eigenvalue weighted by molar-refractivity contribution is 0.668. The maximum atomic E-state index is 6.21. The number of benzene rings is 7. The van der Waals surface area contributed by atoms with E-state index in [0.717, 1.165) is 88.7 Å². The zero-order valence-electron chi connectivity index (χ0n) is 27.7. The van der Waals surface area contributed by atoms with E-state index in [2.05, 4.69) is 149 Å².